The number of carbonyl (C=O) groups is 1. The average molecular weight is 351 g/mol. The Balaban J connectivity index is 1.50. The third-order valence-electron chi connectivity index (χ3n) is 4.79. The molecule has 2 fully saturated rings. The van der Waals surface area contributed by atoms with Crippen LogP contribution in [0.3, 0.4) is 0 Å². The highest BCUT2D eigenvalue weighted by Gasteiger charge is 2.38. The van der Waals surface area contributed by atoms with Crippen molar-refractivity contribution in [3.8, 4) is 0 Å². The minimum Gasteiger partial charge on any atom is -0.354 e. The second kappa shape index (κ2) is 6.49. The molecule has 0 heterocycles. The Kier molecular flexibility index (Phi) is 4.65. The highest BCUT2D eigenvalue weighted by Crippen LogP contribution is 2.43. The van der Waals surface area contributed by atoms with Crippen LogP contribution in [0.15, 0.2) is 28.7 Å². The maximum Gasteiger partial charge on any atom is 0.233 e. The van der Waals surface area contributed by atoms with Crippen LogP contribution >= 0.6 is 15.9 Å². The molecule has 0 aromatic heterocycles. The number of nitrogens with one attached hydrogen (secondary N) is 2. The molecule has 1 aromatic carbocycles. The largest absolute Gasteiger partial charge is 0.354 e. The molecule has 114 valence electrons. The maximum absolute atomic E-state index is 11.9. The summed E-state index contributed by atoms with van der Waals surface area (Å²) in [5, 5.41) is 6.37. The van der Waals surface area contributed by atoms with Crippen LogP contribution in [0.1, 0.15) is 37.7 Å². The van der Waals surface area contributed by atoms with Crippen molar-refractivity contribution in [1.29, 1.82) is 0 Å². The summed E-state index contributed by atoms with van der Waals surface area (Å²) >= 11 is 3.54. The molecule has 0 aliphatic heterocycles. The van der Waals surface area contributed by atoms with Crippen molar-refractivity contribution in [2.75, 3.05) is 19.6 Å². The summed E-state index contributed by atoms with van der Waals surface area (Å²) < 4.78 is 1.11. The van der Waals surface area contributed by atoms with E-state index in [2.05, 4.69) is 50.8 Å². The molecular formula is C17H23BrN2O. The first-order valence-electron chi connectivity index (χ1n) is 7.91. The van der Waals surface area contributed by atoms with Gasteiger partial charge in [-0.05, 0) is 55.8 Å². The first-order valence-corrected chi connectivity index (χ1v) is 8.71. The van der Waals surface area contributed by atoms with Gasteiger partial charge in [0, 0.05) is 16.4 Å². The van der Waals surface area contributed by atoms with Crippen LogP contribution in [-0.4, -0.2) is 25.5 Å². The quantitative estimate of drug-likeness (QED) is 0.793. The summed E-state index contributed by atoms with van der Waals surface area (Å²) in [6.07, 6.45) is 6.22. The van der Waals surface area contributed by atoms with Crippen LogP contribution in [0.25, 0.3) is 0 Å². The van der Waals surface area contributed by atoms with Crippen LogP contribution in [0.4, 0.5) is 0 Å². The predicted molar refractivity (Wildman–Crippen MR) is 88.3 cm³/mol. The Morgan fingerprint density at radius 3 is 2.76 bits per heavy atom. The van der Waals surface area contributed by atoms with E-state index in [-0.39, 0.29) is 11.3 Å². The molecule has 0 spiro atoms. The lowest BCUT2D eigenvalue weighted by Crippen LogP contribution is -2.47. The average Bonchev–Trinajstić information content (AvgIpc) is 3.22. The zero-order chi connectivity index (χ0) is 14.7. The third kappa shape index (κ3) is 3.86. The molecule has 0 saturated heterocycles. The fourth-order valence-electron chi connectivity index (χ4n) is 3.03. The fraction of sp³-hybridized carbons (Fsp3) is 0.588. The molecular weight excluding hydrogens is 328 g/mol. The second-order valence-electron chi connectivity index (χ2n) is 6.50. The number of hydrogen-bond acceptors (Lipinski definition) is 2. The molecule has 2 aliphatic rings. The molecule has 3 nitrogen and oxygen atoms in total. The molecule has 1 aromatic rings. The summed E-state index contributed by atoms with van der Waals surface area (Å²) in [5.74, 6) is 0.939. The van der Waals surface area contributed by atoms with Gasteiger partial charge in [0.25, 0.3) is 0 Å². The molecule has 1 amide bonds. The first-order chi connectivity index (χ1) is 10.2. The summed E-state index contributed by atoms with van der Waals surface area (Å²) in [6.45, 7) is 2.20. The molecule has 0 unspecified atom stereocenters. The number of halogens is 1. The van der Waals surface area contributed by atoms with Crippen molar-refractivity contribution in [3.05, 3.63) is 34.3 Å². The van der Waals surface area contributed by atoms with Crippen LogP contribution in [-0.2, 0) is 10.2 Å². The molecule has 2 aliphatic carbocycles. The minimum absolute atomic E-state index is 0.122. The Morgan fingerprint density at radius 2 is 2.14 bits per heavy atom. The monoisotopic (exact) mass is 350 g/mol. The van der Waals surface area contributed by atoms with Crippen molar-refractivity contribution < 1.29 is 4.79 Å². The van der Waals surface area contributed by atoms with E-state index in [4.69, 9.17) is 0 Å². The van der Waals surface area contributed by atoms with Crippen molar-refractivity contribution in [1.82, 2.24) is 10.6 Å². The van der Waals surface area contributed by atoms with Gasteiger partial charge in [0.05, 0.1) is 6.54 Å². The standard InChI is InChI=1S/C17H23BrN2O/c18-15-4-1-3-14(9-15)17(7-2-8-17)12-20-16(21)11-19-10-13-5-6-13/h1,3-4,9,13,19H,2,5-8,10-12H2,(H,20,21). The van der Waals surface area contributed by atoms with Gasteiger partial charge in [-0.3, -0.25) is 4.79 Å². The Hall–Kier alpha value is -0.870. The predicted octanol–water partition coefficient (Wildman–Crippen LogP) is 2.99. The summed E-state index contributed by atoms with van der Waals surface area (Å²) in [7, 11) is 0. The summed E-state index contributed by atoms with van der Waals surface area (Å²) in [4.78, 5) is 11.9. The number of rotatable bonds is 7. The first kappa shape index (κ1) is 15.0. The number of benzene rings is 1. The van der Waals surface area contributed by atoms with E-state index >= 15 is 0 Å². The summed E-state index contributed by atoms with van der Waals surface area (Å²) in [6, 6.07) is 8.51. The molecule has 0 bridgehead atoms. The Labute approximate surface area is 135 Å². The van der Waals surface area contributed by atoms with Gasteiger partial charge >= 0.3 is 0 Å². The second-order valence-corrected chi connectivity index (χ2v) is 7.41. The summed E-state index contributed by atoms with van der Waals surface area (Å²) in [5.41, 5.74) is 1.49. The van der Waals surface area contributed by atoms with Crippen LogP contribution in [0.2, 0.25) is 0 Å². The van der Waals surface area contributed by atoms with E-state index in [1.807, 2.05) is 0 Å². The van der Waals surface area contributed by atoms with E-state index in [1.165, 1.54) is 37.7 Å². The van der Waals surface area contributed by atoms with E-state index in [9.17, 15) is 4.79 Å². The molecule has 21 heavy (non-hydrogen) atoms. The lowest BCUT2D eigenvalue weighted by atomic mass is 9.64. The van der Waals surface area contributed by atoms with Crippen molar-refractivity contribution in [2.45, 2.75) is 37.5 Å². The van der Waals surface area contributed by atoms with Gasteiger partial charge in [-0.15, -0.1) is 0 Å². The normalized spacial score (nSPS) is 19.9. The smallest absolute Gasteiger partial charge is 0.233 e. The SMILES string of the molecule is O=C(CNCC1CC1)NCC1(c2cccc(Br)c2)CCC1. The topological polar surface area (TPSA) is 41.1 Å². The van der Waals surface area contributed by atoms with Gasteiger partial charge < -0.3 is 10.6 Å². The lowest BCUT2D eigenvalue weighted by molar-refractivity contribution is -0.120. The molecule has 2 N–H and O–H groups in total. The van der Waals surface area contributed by atoms with Crippen LogP contribution in [0.5, 0.6) is 0 Å². The van der Waals surface area contributed by atoms with E-state index in [0.717, 1.165) is 23.5 Å². The minimum atomic E-state index is 0.122. The highest BCUT2D eigenvalue weighted by atomic mass is 79.9. The number of amides is 1. The van der Waals surface area contributed by atoms with Gasteiger partial charge in [0.2, 0.25) is 5.91 Å². The zero-order valence-electron chi connectivity index (χ0n) is 12.3. The lowest BCUT2D eigenvalue weighted by Gasteiger charge is -2.42. The van der Waals surface area contributed by atoms with Crippen LogP contribution < -0.4 is 10.6 Å². The zero-order valence-corrected chi connectivity index (χ0v) is 13.9. The number of carbonyl (C=O) groups excluding carboxylic acids is 1. The Morgan fingerprint density at radius 1 is 1.33 bits per heavy atom. The molecule has 4 heteroatoms. The molecule has 2 saturated carbocycles. The van der Waals surface area contributed by atoms with Crippen molar-refractivity contribution in [3.63, 3.8) is 0 Å². The fourth-order valence-corrected chi connectivity index (χ4v) is 3.43. The Bertz CT molecular complexity index is 509. The third-order valence-corrected chi connectivity index (χ3v) is 5.28. The van der Waals surface area contributed by atoms with Gasteiger partial charge in [0.15, 0.2) is 0 Å². The highest BCUT2D eigenvalue weighted by molar-refractivity contribution is 9.10. The van der Waals surface area contributed by atoms with Crippen LogP contribution in [0, 0.1) is 5.92 Å². The molecule has 0 atom stereocenters. The molecule has 0 radical (unpaired) electrons. The van der Waals surface area contributed by atoms with Gasteiger partial charge in [0.1, 0.15) is 0 Å². The van der Waals surface area contributed by atoms with E-state index in [1.54, 1.807) is 0 Å². The van der Waals surface area contributed by atoms with E-state index < -0.39 is 0 Å². The van der Waals surface area contributed by atoms with Crippen molar-refractivity contribution >= 4 is 21.8 Å². The number of hydrogen-bond donors (Lipinski definition) is 2. The van der Waals surface area contributed by atoms with Gasteiger partial charge in [-0.25, -0.2) is 0 Å². The van der Waals surface area contributed by atoms with Gasteiger partial charge in [-0.1, -0.05) is 34.5 Å². The van der Waals surface area contributed by atoms with Gasteiger partial charge in [-0.2, -0.15) is 0 Å². The maximum atomic E-state index is 11.9. The molecule has 3 rings (SSSR count). The van der Waals surface area contributed by atoms with Crippen molar-refractivity contribution in [2.24, 2.45) is 5.92 Å². The van der Waals surface area contributed by atoms with E-state index in [0.29, 0.717) is 6.54 Å².